The van der Waals surface area contributed by atoms with E-state index in [1.807, 2.05) is 39.0 Å². The van der Waals surface area contributed by atoms with E-state index < -0.39 is 35.1 Å². The fraction of sp³-hybridized carbons (Fsp3) is 0.267. The largest absolute Gasteiger partial charge is 0.394 e. The highest BCUT2D eigenvalue weighted by Crippen LogP contribution is 2.25. The number of para-hydroxylation sites is 1. The Kier molecular flexibility index (Phi) is 8.07. The number of hydrogen-bond donors (Lipinski definition) is 3. The molecular weight excluding hydrogens is 497 g/mol. The van der Waals surface area contributed by atoms with Crippen LogP contribution in [-0.4, -0.2) is 39.4 Å². The Bertz CT molecular complexity index is 1520. The van der Waals surface area contributed by atoms with Gasteiger partial charge in [-0.2, -0.15) is 10.4 Å². The van der Waals surface area contributed by atoms with Crippen LogP contribution in [0.15, 0.2) is 72.8 Å². The van der Waals surface area contributed by atoms with Gasteiger partial charge in [0.25, 0.3) is 5.91 Å². The van der Waals surface area contributed by atoms with Crippen LogP contribution < -0.4 is 10.6 Å². The number of nitrogens with zero attached hydrogens (tertiary/aromatic N) is 3. The first-order valence-electron chi connectivity index (χ1n) is 12.5. The van der Waals surface area contributed by atoms with Gasteiger partial charge in [-0.05, 0) is 34.7 Å². The number of fused-ring (bicyclic) bond motifs is 1. The molecule has 4 rings (SSSR count). The summed E-state index contributed by atoms with van der Waals surface area (Å²) in [5.74, 6) is -1.63. The predicted octanol–water partition coefficient (Wildman–Crippen LogP) is 4.09. The highest BCUT2D eigenvalue weighted by molar-refractivity contribution is 6.06. The number of rotatable bonds is 8. The molecule has 2 atom stereocenters. The van der Waals surface area contributed by atoms with Crippen LogP contribution in [0, 0.1) is 22.6 Å². The minimum Gasteiger partial charge on any atom is -0.394 e. The van der Waals surface area contributed by atoms with Gasteiger partial charge >= 0.3 is 0 Å². The van der Waals surface area contributed by atoms with Crippen molar-refractivity contribution in [3.8, 4) is 6.07 Å². The number of aliphatic hydroxyl groups excluding tert-OH is 1. The van der Waals surface area contributed by atoms with Gasteiger partial charge in [-0.15, -0.1) is 0 Å². The van der Waals surface area contributed by atoms with Gasteiger partial charge in [0.15, 0.2) is 5.69 Å². The predicted molar refractivity (Wildman–Crippen MR) is 145 cm³/mol. The van der Waals surface area contributed by atoms with Crippen LogP contribution >= 0.6 is 0 Å². The topological polar surface area (TPSA) is 120 Å². The summed E-state index contributed by atoms with van der Waals surface area (Å²) in [5.41, 5.74) is 1.46. The molecule has 0 aliphatic carbocycles. The van der Waals surface area contributed by atoms with E-state index in [2.05, 4.69) is 21.8 Å². The van der Waals surface area contributed by atoms with E-state index in [0.717, 1.165) is 11.1 Å². The van der Waals surface area contributed by atoms with Gasteiger partial charge in [-0.1, -0.05) is 75.4 Å². The Morgan fingerprint density at radius 3 is 2.33 bits per heavy atom. The van der Waals surface area contributed by atoms with Gasteiger partial charge in [0.05, 0.1) is 30.8 Å². The molecule has 3 N–H and O–H groups in total. The van der Waals surface area contributed by atoms with E-state index in [-0.39, 0.29) is 24.4 Å². The van der Waals surface area contributed by atoms with E-state index in [4.69, 9.17) is 5.26 Å². The highest BCUT2D eigenvalue weighted by Gasteiger charge is 2.35. The van der Waals surface area contributed by atoms with Gasteiger partial charge in [0, 0.05) is 5.39 Å². The van der Waals surface area contributed by atoms with Crippen molar-refractivity contribution in [2.45, 2.75) is 39.4 Å². The molecule has 0 bridgehead atoms. The van der Waals surface area contributed by atoms with Crippen molar-refractivity contribution in [3.05, 3.63) is 101 Å². The Morgan fingerprint density at radius 1 is 1.03 bits per heavy atom. The maximum Gasteiger partial charge on any atom is 0.273 e. The minimum atomic E-state index is -0.977. The Morgan fingerprint density at radius 2 is 1.72 bits per heavy atom. The van der Waals surface area contributed by atoms with Crippen molar-refractivity contribution in [3.63, 3.8) is 0 Å². The standard InChI is InChI=1S/C30H30FN5O3/c1-30(2,3)27(29(39)33-24(18-37)21-8-5-4-6-9-21)34-28(38)25-22-10-7-11-23(31)26(22)36(35-25)17-20-14-12-19(16-32)13-15-20/h4-15,24,27,37H,17-18H2,1-3H3,(H,33,39)(H,34,38)/t24-,27-/m1/s1. The summed E-state index contributed by atoms with van der Waals surface area (Å²) in [6.07, 6.45) is 0. The molecule has 2 amide bonds. The number of nitrogens with one attached hydrogen (secondary N) is 2. The Balaban J connectivity index is 1.63. The van der Waals surface area contributed by atoms with Crippen LogP contribution in [0.3, 0.4) is 0 Å². The second-order valence-electron chi connectivity index (χ2n) is 10.4. The molecule has 0 aliphatic heterocycles. The molecule has 0 unspecified atom stereocenters. The second-order valence-corrected chi connectivity index (χ2v) is 10.4. The lowest BCUT2D eigenvalue weighted by Gasteiger charge is -2.31. The minimum absolute atomic E-state index is 0.0121. The number of nitriles is 1. The molecule has 39 heavy (non-hydrogen) atoms. The molecule has 8 nitrogen and oxygen atoms in total. The third kappa shape index (κ3) is 6.13. The van der Waals surface area contributed by atoms with Gasteiger partial charge in [0.1, 0.15) is 17.4 Å². The van der Waals surface area contributed by atoms with Crippen molar-refractivity contribution in [1.29, 1.82) is 5.26 Å². The normalized spacial score (nSPS) is 12.9. The van der Waals surface area contributed by atoms with Gasteiger partial charge in [-0.25, -0.2) is 4.39 Å². The summed E-state index contributed by atoms with van der Waals surface area (Å²) in [4.78, 5) is 26.9. The van der Waals surface area contributed by atoms with E-state index in [1.165, 1.54) is 16.8 Å². The maximum atomic E-state index is 14.9. The summed E-state index contributed by atoms with van der Waals surface area (Å²) < 4.78 is 16.4. The first-order valence-corrected chi connectivity index (χ1v) is 12.5. The smallest absolute Gasteiger partial charge is 0.273 e. The van der Waals surface area contributed by atoms with Crippen molar-refractivity contribution in [2.75, 3.05) is 6.61 Å². The van der Waals surface area contributed by atoms with E-state index in [9.17, 15) is 19.1 Å². The molecule has 3 aromatic carbocycles. The fourth-order valence-electron chi connectivity index (χ4n) is 4.38. The number of aromatic nitrogens is 2. The number of carbonyl (C=O) groups excluding carboxylic acids is 2. The molecule has 4 aromatic rings. The molecule has 0 spiro atoms. The highest BCUT2D eigenvalue weighted by atomic mass is 19.1. The van der Waals surface area contributed by atoms with Crippen molar-refractivity contribution in [2.24, 2.45) is 5.41 Å². The number of aliphatic hydroxyl groups is 1. The summed E-state index contributed by atoms with van der Waals surface area (Å²) in [5, 5.41) is 29.3. The fourth-order valence-corrected chi connectivity index (χ4v) is 4.38. The third-order valence-electron chi connectivity index (χ3n) is 6.46. The Labute approximate surface area is 226 Å². The lowest BCUT2D eigenvalue weighted by atomic mass is 9.85. The molecular formula is C30H30FN5O3. The average Bonchev–Trinajstić information content (AvgIpc) is 3.30. The van der Waals surface area contributed by atoms with Crippen LogP contribution in [0.2, 0.25) is 0 Å². The summed E-state index contributed by atoms with van der Waals surface area (Å²) in [6.45, 7) is 5.30. The first kappa shape index (κ1) is 27.5. The quantitative estimate of drug-likeness (QED) is 0.319. The zero-order valence-corrected chi connectivity index (χ0v) is 22.0. The number of hydrogen-bond acceptors (Lipinski definition) is 5. The van der Waals surface area contributed by atoms with E-state index in [1.54, 1.807) is 42.5 Å². The first-order chi connectivity index (χ1) is 18.6. The van der Waals surface area contributed by atoms with Crippen LogP contribution in [0.4, 0.5) is 4.39 Å². The summed E-state index contributed by atoms with van der Waals surface area (Å²) >= 11 is 0. The summed E-state index contributed by atoms with van der Waals surface area (Å²) in [6, 6.07) is 20.7. The third-order valence-corrected chi connectivity index (χ3v) is 6.46. The lowest BCUT2D eigenvalue weighted by molar-refractivity contribution is -0.126. The van der Waals surface area contributed by atoms with Crippen molar-refractivity contribution < 1.29 is 19.1 Å². The Hall–Kier alpha value is -4.55. The maximum absolute atomic E-state index is 14.9. The lowest BCUT2D eigenvalue weighted by Crippen LogP contribution is -2.54. The molecule has 200 valence electrons. The monoisotopic (exact) mass is 527 g/mol. The van der Waals surface area contributed by atoms with Gasteiger partial charge in [0.2, 0.25) is 5.91 Å². The van der Waals surface area contributed by atoms with Crippen LogP contribution in [0.5, 0.6) is 0 Å². The second kappa shape index (κ2) is 11.5. The van der Waals surface area contributed by atoms with Gasteiger partial charge in [-0.3, -0.25) is 14.3 Å². The van der Waals surface area contributed by atoms with Crippen LogP contribution in [-0.2, 0) is 11.3 Å². The SMILES string of the molecule is CC(C)(C)[C@H](NC(=O)c1nn(Cc2ccc(C#N)cc2)c2c(F)cccc12)C(=O)N[C@H](CO)c1ccccc1. The molecule has 0 aliphatic rings. The van der Waals surface area contributed by atoms with Gasteiger partial charge < -0.3 is 15.7 Å². The summed E-state index contributed by atoms with van der Waals surface area (Å²) in [7, 11) is 0. The van der Waals surface area contributed by atoms with Crippen LogP contribution in [0.25, 0.3) is 10.9 Å². The number of benzene rings is 3. The van der Waals surface area contributed by atoms with E-state index >= 15 is 0 Å². The molecule has 0 fully saturated rings. The zero-order valence-electron chi connectivity index (χ0n) is 22.0. The molecule has 1 heterocycles. The number of halogens is 1. The number of carbonyl (C=O) groups is 2. The number of amides is 2. The molecule has 0 saturated heterocycles. The zero-order chi connectivity index (χ0) is 28.2. The molecule has 1 aromatic heterocycles. The molecule has 0 radical (unpaired) electrons. The van der Waals surface area contributed by atoms with E-state index in [0.29, 0.717) is 10.9 Å². The van der Waals surface area contributed by atoms with Crippen molar-refractivity contribution in [1.82, 2.24) is 20.4 Å². The van der Waals surface area contributed by atoms with Crippen LogP contribution in [0.1, 0.15) is 54.0 Å². The average molecular weight is 528 g/mol. The molecule has 0 saturated carbocycles. The van der Waals surface area contributed by atoms with Crippen molar-refractivity contribution >= 4 is 22.7 Å². The molecule has 9 heteroatoms.